The molecular weight excluding hydrogens is 374 g/mol. The standard InChI is InChI=1S/C14H10F6N2O2S/c15-13(16,17)7-3-4-22(6-7)10-2-1-8(25-10)5-9-11(14(18,19)20)21-24-12(9)23/h1-2,5,7H,3-4,6H2/b9-5-. The van der Waals surface area contributed by atoms with Crippen molar-refractivity contribution in [2.45, 2.75) is 18.8 Å². The van der Waals surface area contributed by atoms with Gasteiger partial charge in [0.25, 0.3) is 0 Å². The zero-order valence-corrected chi connectivity index (χ0v) is 13.1. The number of anilines is 1. The van der Waals surface area contributed by atoms with Crippen LogP contribution in [0, 0.1) is 5.92 Å². The zero-order valence-electron chi connectivity index (χ0n) is 12.3. The van der Waals surface area contributed by atoms with Crippen molar-refractivity contribution in [3.8, 4) is 0 Å². The largest absolute Gasteiger partial charge is 0.437 e. The Hall–Kier alpha value is -2.04. The lowest BCUT2D eigenvalue weighted by Crippen LogP contribution is -2.26. The van der Waals surface area contributed by atoms with Crippen LogP contribution in [0.15, 0.2) is 22.9 Å². The molecule has 136 valence electrons. The highest BCUT2D eigenvalue weighted by atomic mass is 32.1. The van der Waals surface area contributed by atoms with Crippen molar-refractivity contribution in [2.24, 2.45) is 11.1 Å². The molecule has 2 aliphatic heterocycles. The summed E-state index contributed by atoms with van der Waals surface area (Å²) in [6, 6.07) is 2.95. The molecule has 0 aliphatic carbocycles. The summed E-state index contributed by atoms with van der Waals surface area (Å²) in [5, 5.41) is 3.23. The monoisotopic (exact) mass is 384 g/mol. The summed E-state index contributed by atoms with van der Waals surface area (Å²) in [4.78, 5) is 17.3. The molecule has 2 aliphatic rings. The quantitative estimate of drug-likeness (QED) is 0.440. The summed E-state index contributed by atoms with van der Waals surface area (Å²) in [6.45, 7) is 0.00925. The molecule has 3 heterocycles. The highest BCUT2D eigenvalue weighted by Crippen LogP contribution is 2.38. The van der Waals surface area contributed by atoms with Crippen molar-refractivity contribution in [1.29, 1.82) is 0 Å². The van der Waals surface area contributed by atoms with E-state index in [2.05, 4.69) is 9.99 Å². The van der Waals surface area contributed by atoms with Gasteiger partial charge in [-0.3, -0.25) is 0 Å². The Morgan fingerprint density at radius 2 is 1.96 bits per heavy atom. The minimum atomic E-state index is -4.84. The van der Waals surface area contributed by atoms with Crippen molar-refractivity contribution in [1.82, 2.24) is 0 Å². The number of thiophene rings is 1. The fraction of sp³-hybridized carbons (Fsp3) is 0.429. The molecule has 1 unspecified atom stereocenters. The Kier molecular flexibility index (Phi) is 4.30. The molecule has 1 saturated heterocycles. The van der Waals surface area contributed by atoms with E-state index in [0.29, 0.717) is 5.00 Å². The number of hydrogen-bond acceptors (Lipinski definition) is 5. The molecule has 0 spiro atoms. The molecule has 0 N–H and O–H groups in total. The summed E-state index contributed by atoms with van der Waals surface area (Å²) in [5.41, 5.74) is -2.15. The fourth-order valence-corrected chi connectivity index (χ4v) is 3.56. The van der Waals surface area contributed by atoms with Gasteiger partial charge in [-0.1, -0.05) is 5.16 Å². The predicted octanol–water partition coefficient (Wildman–Crippen LogP) is 4.00. The molecule has 0 amide bonds. The molecule has 1 aromatic heterocycles. The summed E-state index contributed by atoms with van der Waals surface area (Å²) in [5.74, 6) is -2.65. The Balaban J connectivity index is 1.79. The van der Waals surface area contributed by atoms with Crippen molar-refractivity contribution in [2.75, 3.05) is 18.0 Å². The molecule has 0 aromatic carbocycles. The van der Waals surface area contributed by atoms with E-state index in [1.165, 1.54) is 17.0 Å². The van der Waals surface area contributed by atoms with Gasteiger partial charge in [0.2, 0.25) is 0 Å². The molecule has 0 bridgehead atoms. The maximum Gasteiger partial charge on any atom is 0.437 e. The van der Waals surface area contributed by atoms with Gasteiger partial charge >= 0.3 is 18.3 Å². The first-order valence-electron chi connectivity index (χ1n) is 7.06. The van der Waals surface area contributed by atoms with Gasteiger partial charge in [0.1, 0.15) is 0 Å². The van der Waals surface area contributed by atoms with Gasteiger partial charge in [0, 0.05) is 18.0 Å². The van der Waals surface area contributed by atoms with E-state index >= 15 is 0 Å². The van der Waals surface area contributed by atoms with E-state index in [1.807, 2.05) is 0 Å². The summed E-state index contributed by atoms with van der Waals surface area (Å²) >= 11 is 0.996. The second-order valence-electron chi connectivity index (χ2n) is 5.52. The third kappa shape index (κ3) is 3.65. The van der Waals surface area contributed by atoms with Crippen molar-refractivity contribution >= 4 is 34.1 Å². The van der Waals surface area contributed by atoms with Gasteiger partial charge in [-0.25, -0.2) is 4.79 Å². The van der Waals surface area contributed by atoms with Crippen molar-refractivity contribution in [3.63, 3.8) is 0 Å². The number of rotatable bonds is 2. The van der Waals surface area contributed by atoms with Crippen LogP contribution in [0.4, 0.5) is 31.3 Å². The summed E-state index contributed by atoms with van der Waals surface area (Å²) in [6.07, 6.45) is -8.17. The number of nitrogens with zero attached hydrogens (tertiary/aromatic N) is 2. The number of carbonyl (C=O) groups excluding carboxylic acids is 1. The van der Waals surface area contributed by atoms with Crippen molar-refractivity contribution < 1.29 is 36.0 Å². The normalized spacial score (nSPS) is 23.4. The van der Waals surface area contributed by atoms with Crippen LogP contribution in [-0.4, -0.2) is 37.1 Å². The van der Waals surface area contributed by atoms with Crippen molar-refractivity contribution in [3.05, 3.63) is 22.6 Å². The van der Waals surface area contributed by atoms with Gasteiger partial charge in [0.15, 0.2) is 5.71 Å². The fourth-order valence-electron chi connectivity index (χ4n) is 2.57. The number of carbonyl (C=O) groups is 1. The Bertz CT molecular complexity index is 749. The lowest BCUT2D eigenvalue weighted by molar-refractivity contribution is -0.168. The SMILES string of the molecule is O=C1ON=C(C(F)(F)F)/C1=C/c1ccc(N2CCC(C(F)(F)F)C2)s1. The second-order valence-corrected chi connectivity index (χ2v) is 6.62. The topological polar surface area (TPSA) is 41.9 Å². The predicted molar refractivity (Wildman–Crippen MR) is 78.3 cm³/mol. The molecule has 1 aromatic rings. The molecule has 0 saturated carbocycles. The van der Waals surface area contributed by atoms with Crippen LogP contribution >= 0.6 is 11.3 Å². The summed E-state index contributed by atoms with van der Waals surface area (Å²) in [7, 11) is 0. The first-order valence-corrected chi connectivity index (χ1v) is 7.87. The van der Waals surface area contributed by atoms with Crippen LogP contribution in [0.2, 0.25) is 0 Å². The van der Waals surface area contributed by atoms with Gasteiger partial charge in [-0.05, 0) is 24.6 Å². The zero-order chi connectivity index (χ0) is 18.4. The Morgan fingerprint density at radius 3 is 2.56 bits per heavy atom. The molecule has 3 rings (SSSR count). The third-order valence-corrected chi connectivity index (χ3v) is 4.92. The second kappa shape index (κ2) is 6.04. The minimum Gasteiger partial charge on any atom is -0.363 e. The average Bonchev–Trinajstić information content (AvgIpc) is 3.18. The number of oxime groups is 1. The Morgan fingerprint density at radius 1 is 1.24 bits per heavy atom. The molecular formula is C14H10F6N2O2S. The molecule has 4 nitrogen and oxygen atoms in total. The maximum atomic E-state index is 12.8. The molecule has 11 heteroatoms. The van der Waals surface area contributed by atoms with E-state index in [-0.39, 0.29) is 24.4 Å². The van der Waals surface area contributed by atoms with Crippen LogP contribution in [0.3, 0.4) is 0 Å². The maximum absolute atomic E-state index is 12.8. The highest BCUT2D eigenvalue weighted by molar-refractivity contribution is 7.17. The van der Waals surface area contributed by atoms with Gasteiger partial charge < -0.3 is 9.74 Å². The van der Waals surface area contributed by atoms with Crippen LogP contribution in [0.5, 0.6) is 0 Å². The number of hydrogen-bond donors (Lipinski definition) is 0. The van der Waals surface area contributed by atoms with E-state index in [0.717, 1.165) is 17.4 Å². The number of halogens is 6. The van der Waals surface area contributed by atoms with Gasteiger partial charge in [-0.15, -0.1) is 11.3 Å². The molecule has 1 atom stereocenters. The first-order chi connectivity index (χ1) is 11.6. The summed E-state index contributed by atoms with van der Waals surface area (Å²) < 4.78 is 76.5. The van der Waals surface area contributed by atoms with E-state index in [4.69, 9.17) is 0 Å². The minimum absolute atomic E-state index is 0.0327. The van der Waals surface area contributed by atoms with Crippen LogP contribution in [0.1, 0.15) is 11.3 Å². The van der Waals surface area contributed by atoms with Gasteiger partial charge in [0.05, 0.1) is 16.5 Å². The van der Waals surface area contributed by atoms with Crippen LogP contribution < -0.4 is 4.90 Å². The number of alkyl halides is 6. The third-order valence-electron chi connectivity index (χ3n) is 3.83. The lowest BCUT2D eigenvalue weighted by Gasteiger charge is -2.17. The molecule has 0 radical (unpaired) electrons. The van der Waals surface area contributed by atoms with Gasteiger partial charge in [-0.2, -0.15) is 26.3 Å². The molecule has 1 fully saturated rings. The van der Waals surface area contributed by atoms with Crippen LogP contribution in [0.25, 0.3) is 6.08 Å². The smallest absolute Gasteiger partial charge is 0.363 e. The van der Waals surface area contributed by atoms with E-state index < -0.39 is 35.5 Å². The van der Waals surface area contributed by atoms with Crippen LogP contribution in [-0.2, 0) is 9.63 Å². The van der Waals surface area contributed by atoms with E-state index in [1.54, 1.807) is 0 Å². The van der Waals surface area contributed by atoms with E-state index in [9.17, 15) is 31.1 Å². The average molecular weight is 384 g/mol. The lowest BCUT2D eigenvalue weighted by atomic mass is 10.1. The highest BCUT2D eigenvalue weighted by Gasteiger charge is 2.46. The Labute approximate surface area is 141 Å². The first kappa shape index (κ1) is 17.8. The molecule has 25 heavy (non-hydrogen) atoms.